The molecule has 1 aliphatic heterocycles. The first-order valence-electron chi connectivity index (χ1n) is 7.29. The summed E-state index contributed by atoms with van der Waals surface area (Å²) in [4.78, 5) is 0. The highest BCUT2D eigenvalue weighted by atomic mass is 35.5. The summed E-state index contributed by atoms with van der Waals surface area (Å²) in [5, 5.41) is 0.688. The van der Waals surface area contributed by atoms with Gasteiger partial charge >= 0.3 is 10.3 Å². The molecule has 134 valence electrons. The lowest BCUT2D eigenvalue weighted by molar-refractivity contribution is -0.0704. The van der Waals surface area contributed by atoms with Crippen molar-refractivity contribution in [3.05, 3.63) is 69.7 Å². The molecule has 1 saturated heterocycles. The third-order valence-electron chi connectivity index (χ3n) is 3.65. The molecule has 1 N–H and O–H groups in total. The summed E-state index contributed by atoms with van der Waals surface area (Å²) in [6, 6.07) is 14.1. The largest absolute Gasteiger partial charge is 0.337 e. The predicted molar refractivity (Wildman–Crippen MR) is 93.4 cm³/mol. The lowest BCUT2D eigenvalue weighted by Crippen LogP contribution is -2.38. The highest BCUT2D eigenvalue weighted by Crippen LogP contribution is 2.43. The molecule has 3 atom stereocenters. The van der Waals surface area contributed by atoms with Gasteiger partial charge < -0.3 is 9.47 Å². The number of hydrogen-bond acceptors (Lipinski definition) is 5. The molecule has 3 rings (SSSR count). The molecule has 2 aromatic rings. The molecule has 6 nitrogen and oxygen atoms in total. The second-order valence-electron chi connectivity index (χ2n) is 5.23. The van der Waals surface area contributed by atoms with Gasteiger partial charge in [-0.25, -0.2) is 0 Å². The normalized spacial score (nSPS) is 23.7. The van der Waals surface area contributed by atoms with Crippen molar-refractivity contribution >= 4 is 33.5 Å². The summed E-state index contributed by atoms with van der Waals surface area (Å²) in [6.45, 7) is 0. The van der Waals surface area contributed by atoms with Crippen LogP contribution in [-0.2, 0) is 24.0 Å². The minimum absolute atomic E-state index is 0.344. The summed E-state index contributed by atoms with van der Waals surface area (Å²) in [7, 11) is -2.97. The molecule has 0 aliphatic carbocycles. The molecule has 2 aromatic carbocycles. The molecule has 9 heteroatoms. The maximum Gasteiger partial charge on any atom is 0.337 e. The Balaban J connectivity index is 1.97. The van der Waals surface area contributed by atoms with Crippen molar-refractivity contribution in [2.24, 2.45) is 0 Å². The van der Waals surface area contributed by atoms with Gasteiger partial charge in [0, 0.05) is 21.2 Å². The Morgan fingerprint density at radius 3 is 2.24 bits per heavy atom. The van der Waals surface area contributed by atoms with Gasteiger partial charge in [0.2, 0.25) is 0 Å². The molecule has 1 aliphatic rings. The average molecular weight is 404 g/mol. The topological polar surface area (TPSA) is 73.9 Å². The van der Waals surface area contributed by atoms with E-state index in [0.717, 1.165) is 12.7 Å². The molecule has 1 fully saturated rings. The molecule has 25 heavy (non-hydrogen) atoms. The maximum absolute atomic E-state index is 11.8. The van der Waals surface area contributed by atoms with Crippen molar-refractivity contribution in [1.82, 2.24) is 4.72 Å². The average Bonchev–Trinajstić information content (AvgIpc) is 2.98. The van der Waals surface area contributed by atoms with E-state index < -0.39 is 28.9 Å². The Morgan fingerprint density at radius 1 is 1.00 bits per heavy atom. The fraction of sp³-hybridized carbons (Fsp3) is 0.250. The van der Waals surface area contributed by atoms with Crippen LogP contribution in [0.2, 0.25) is 10.0 Å². The van der Waals surface area contributed by atoms with Gasteiger partial charge in [0.05, 0.1) is 7.11 Å². The zero-order valence-electron chi connectivity index (χ0n) is 13.1. The number of benzene rings is 2. The van der Waals surface area contributed by atoms with Crippen LogP contribution in [0.3, 0.4) is 0 Å². The number of ether oxygens (including phenoxy) is 2. The zero-order valence-corrected chi connectivity index (χ0v) is 15.4. The monoisotopic (exact) mass is 403 g/mol. The third kappa shape index (κ3) is 4.15. The van der Waals surface area contributed by atoms with Crippen LogP contribution in [0.5, 0.6) is 0 Å². The van der Waals surface area contributed by atoms with E-state index in [-0.39, 0.29) is 0 Å². The molecule has 0 spiro atoms. The highest BCUT2D eigenvalue weighted by molar-refractivity contribution is 7.84. The molecule has 0 bridgehead atoms. The standard InChI is InChI=1S/C16H15Cl2NO5S/c1-22-25(20,21)19-15-14(13-11(17)8-5-9-12(13)18)23-16(24-15)10-6-3-2-4-7-10/h2-9,14-16,19H,1H3. The first-order valence-corrected chi connectivity index (χ1v) is 9.45. The summed E-state index contributed by atoms with van der Waals surface area (Å²) in [5.41, 5.74) is 1.17. The van der Waals surface area contributed by atoms with E-state index in [1.165, 1.54) is 0 Å². The van der Waals surface area contributed by atoms with Gasteiger partial charge in [-0.05, 0) is 12.1 Å². The molecule has 1 heterocycles. The number of rotatable bonds is 5. The van der Waals surface area contributed by atoms with Crippen LogP contribution < -0.4 is 4.72 Å². The number of halogens is 2. The van der Waals surface area contributed by atoms with E-state index in [2.05, 4.69) is 8.91 Å². The van der Waals surface area contributed by atoms with Gasteiger partial charge in [-0.3, -0.25) is 4.18 Å². The molecular weight excluding hydrogens is 389 g/mol. The summed E-state index contributed by atoms with van der Waals surface area (Å²) in [6.07, 6.45) is -2.70. The third-order valence-corrected chi connectivity index (χ3v) is 5.27. The minimum Gasteiger partial charge on any atom is -0.336 e. The Morgan fingerprint density at radius 2 is 1.64 bits per heavy atom. The molecular formula is C16H15Cl2NO5S. The second-order valence-corrected chi connectivity index (χ2v) is 7.52. The summed E-state index contributed by atoms with van der Waals surface area (Å²) >= 11 is 12.5. The van der Waals surface area contributed by atoms with Crippen LogP contribution in [-0.4, -0.2) is 21.8 Å². The SMILES string of the molecule is COS(=O)(=O)NC1OC(c2ccccc2)OC1c1c(Cl)cccc1Cl. The predicted octanol–water partition coefficient (Wildman–Crippen LogP) is 3.59. The summed E-state index contributed by atoms with van der Waals surface area (Å²) < 4.78 is 42.0. The quantitative estimate of drug-likeness (QED) is 0.825. The van der Waals surface area contributed by atoms with E-state index in [0.29, 0.717) is 15.6 Å². The Labute approximate surface area is 155 Å². The Kier molecular flexibility index (Phi) is 5.65. The van der Waals surface area contributed by atoms with Crippen LogP contribution in [0.25, 0.3) is 0 Å². The number of nitrogens with one attached hydrogen (secondary N) is 1. The van der Waals surface area contributed by atoms with Gasteiger partial charge in [-0.15, -0.1) is 0 Å². The van der Waals surface area contributed by atoms with E-state index >= 15 is 0 Å². The first-order chi connectivity index (χ1) is 11.9. The Bertz CT molecular complexity index is 827. The van der Waals surface area contributed by atoms with E-state index in [1.54, 1.807) is 18.2 Å². The van der Waals surface area contributed by atoms with Gasteiger partial charge in [0.1, 0.15) is 6.10 Å². The van der Waals surface area contributed by atoms with Gasteiger partial charge in [0.25, 0.3) is 0 Å². The van der Waals surface area contributed by atoms with Gasteiger partial charge in [0.15, 0.2) is 12.5 Å². The van der Waals surface area contributed by atoms with Crippen molar-refractivity contribution in [2.45, 2.75) is 18.6 Å². The lowest BCUT2D eigenvalue weighted by Gasteiger charge is -2.19. The van der Waals surface area contributed by atoms with Crippen LogP contribution in [0, 0.1) is 0 Å². The van der Waals surface area contributed by atoms with Crippen LogP contribution in [0.15, 0.2) is 48.5 Å². The highest BCUT2D eigenvalue weighted by Gasteiger charge is 2.42. The van der Waals surface area contributed by atoms with Crippen molar-refractivity contribution in [3.63, 3.8) is 0 Å². The van der Waals surface area contributed by atoms with Crippen molar-refractivity contribution < 1.29 is 22.1 Å². The molecule has 3 unspecified atom stereocenters. The lowest BCUT2D eigenvalue weighted by atomic mass is 10.1. The second kappa shape index (κ2) is 7.59. The molecule has 0 aromatic heterocycles. The van der Waals surface area contributed by atoms with Gasteiger partial charge in [-0.1, -0.05) is 59.6 Å². The summed E-state index contributed by atoms with van der Waals surface area (Å²) in [5.74, 6) is 0. The van der Waals surface area contributed by atoms with Crippen molar-refractivity contribution in [2.75, 3.05) is 7.11 Å². The Hall–Kier alpha value is -1.19. The van der Waals surface area contributed by atoms with E-state index in [4.69, 9.17) is 32.7 Å². The minimum atomic E-state index is -4.02. The molecule has 0 saturated carbocycles. The molecule has 0 amide bonds. The van der Waals surface area contributed by atoms with Crippen molar-refractivity contribution in [1.29, 1.82) is 0 Å². The first kappa shape index (κ1) is 18.6. The maximum atomic E-state index is 11.8. The smallest absolute Gasteiger partial charge is 0.336 e. The fourth-order valence-electron chi connectivity index (χ4n) is 2.49. The number of hydrogen-bond donors (Lipinski definition) is 1. The van der Waals surface area contributed by atoms with Crippen LogP contribution in [0.1, 0.15) is 23.5 Å². The van der Waals surface area contributed by atoms with E-state index in [1.807, 2.05) is 30.3 Å². The van der Waals surface area contributed by atoms with Crippen LogP contribution >= 0.6 is 23.2 Å². The van der Waals surface area contributed by atoms with Crippen LogP contribution in [0.4, 0.5) is 0 Å². The zero-order chi connectivity index (χ0) is 18.0. The van der Waals surface area contributed by atoms with Gasteiger partial charge in [-0.2, -0.15) is 13.1 Å². The van der Waals surface area contributed by atoms with E-state index in [9.17, 15) is 8.42 Å². The fourth-order valence-corrected chi connectivity index (χ4v) is 3.66. The molecule has 0 radical (unpaired) electrons. The van der Waals surface area contributed by atoms with Crippen molar-refractivity contribution in [3.8, 4) is 0 Å².